The predicted molar refractivity (Wildman–Crippen MR) is 63.0 cm³/mol. The summed E-state index contributed by atoms with van der Waals surface area (Å²) in [6, 6.07) is 0. The highest BCUT2D eigenvalue weighted by Gasteiger charge is 2.31. The molecule has 1 aromatic heterocycles. The largest absolute Gasteiger partial charge is 0.465 e. The van der Waals surface area contributed by atoms with Gasteiger partial charge in [-0.2, -0.15) is 0 Å². The lowest BCUT2D eigenvalue weighted by atomic mass is 10.1. The van der Waals surface area contributed by atoms with E-state index in [0.29, 0.717) is 29.5 Å². The molecule has 0 aliphatic carbocycles. The third-order valence-electron chi connectivity index (χ3n) is 2.65. The topological polar surface area (TPSA) is 85.5 Å². The minimum absolute atomic E-state index is 0.00576. The molecule has 0 bridgehead atoms. The van der Waals surface area contributed by atoms with Crippen molar-refractivity contribution in [3.63, 3.8) is 0 Å². The van der Waals surface area contributed by atoms with Crippen molar-refractivity contribution >= 4 is 28.3 Å². The van der Waals surface area contributed by atoms with Gasteiger partial charge in [0.05, 0.1) is 13.3 Å². The van der Waals surface area contributed by atoms with Gasteiger partial charge in [-0.1, -0.05) is 11.3 Å². The summed E-state index contributed by atoms with van der Waals surface area (Å²) in [6.45, 7) is 1.06. The fourth-order valence-electron chi connectivity index (χ4n) is 1.71. The Morgan fingerprint density at radius 1 is 1.76 bits per heavy atom. The number of carbonyl (C=O) groups excluding carboxylic acids is 2. The number of methoxy groups -OCH3 is 1. The average Bonchev–Trinajstić information content (AvgIpc) is 2.94. The summed E-state index contributed by atoms with van der Waals surface area (Å²) < 4.78 is 4.59. The summed E-state index contributed by atoms with van der Waals surface area (Å²) in [5.74, 6) is -0.255. The summed E-state index contributed by atoms with van der Waals surface area (Å²) >= 11 is 1.16. The number of thiazole rings is 1. The zero-order chi connectivity index (χ0) is 12.4. The monoisotopic (exact) mass is 255 g/mol. The lowest BCUT2D eigenvalue weighted by Crippen LogP contribution is -2.25. The van der Waals surface area contributed by atoms with Crippen LogP contribution in [0.5, 0.6) is 0 Å². The van der Waals surface area contributed by atoms with E-state index < -0.39 is 5.97 Å². The Kier molecular flexibility index (Phi) is 3.39. The van der Waals surface area contributed by atoms with Crippen LogP contribution in [-0.4, -0.2) is 37.1 Å². The van der Waals surface area contributed by atoms with Crippen LogP contribution in [0.15, 0.2) is 6.20 Å². The van der Waals surface area contributed by atoms with Crippen LogP contribution >= 0.6 is 11.3 Å². The maximum absolute atomic E-state index is 11.7. The number of esters is 1. The Labute approximate surface area is 102 Å². The third-order valence-corrected chi connectivity index (χ3v) is 3.65. The normalized spacial score (nSPS) is 19.8. The highest BCUT2D eigenvalue weighted by molar-refractivity contribution is 7.17. The van der Waals surface area contributed by atoms with Crippen molar-refractivity contribution in [2.75, 3.05) is 25.1 Å². The van der Waals surface area contributed by atoms with E-state index in [9.17, 15) is 9.59 Å². The van der Waals surface area contributed by atoms with Gasteiger partial charge in [0, 0.05) is 13.0 Å². The number of ether oxygens (including phenoxy) is 1. The van der Waals surface area contributed by atoms with Crippen molar-refractivity contribution in [2.45, 2.75) is 6.42 Å². The molecule has 2 N–H and O–H groups in total. The van der Waals surface area contributed by atoms with Gasteiger partial charge in [0.25, 0.3) is 0 Å². The summed E-state index contributed by atoms with van der Waals surface area (Å²) in [4.78, 5) is 29.0. The minimum atomic E-state index is -0.434. The van der Waals surface area contributed by atoms with E-state index in [-0.39, 0.29) is 11.8 Å². The van der Waals surface area contributed by atoms with Crippen LogP contribution in [0.2, 0.25) is 0 Å². The Morgan fingerprint density at radius 2 is 2.53 bits per heavy atom. The molecule has 1 amide bonds. The smallest absolute Gasteiger partial charge is 0.349 e. The number of hydrogen-bond donors (Lipinski definition) is 1. The summed E-state index contributed by atoms with van der Waals surface area (Å²) in [5.41, 5.74) is 5.54. The Hall–Kier alpha value is -1.47. The van der Waals surface area contributed by atoms with E-state index in [1.165, 1.54) is 13.3 Å². The van der Waals surface area contributed by atoms with Crippen molar-refractivity contribution in [2.24, 2.45) is 11.7 Å². The van der Waals surface area contributed by atoms with Gasteiger partial charge in [-0.3, -0.25) is 9.69 Å². The van der Waals surface area contributed by atoms with Crippen molar-refractivity contribution in [3.05, 3.63) is 11.1 Å². The summed E-state index contributed by atoms with van der Waals surface area (Å²) in [7, 11) is 1.31. The minimum Gasteiger partial charge on any atom is -0.465 e. The molecule has 7 heteroatoms. The first-order valence-corrected chi connectivity index (χ1v) is 6.02. The Morgan fingerprint density at radius 3 is 3.12 bits per heavy atom. The molecular weight excluding hydrogens is 242 g/mol. The SMILES string of the molecule is COC(=O)c1cnc(N2CC(CN)CC2=O)s1. The molecule has 0 saturated carbocycles. The van der Waals surface area contributed by atoms with Crippen LogP contribution in [-0.2, 0) is 9.53 Å². The number of anilines is 1. The van der Waals surface area contributed by atoms with Gasteiger partial charge in [-0.25, -0.2) is 9.78 Å². The van der Waals surface area contributed by atoms with Gasteiger partial charge in [0.2, 0.25) is 5.91 Å². The molecule has 1 atom stereocenters. The maximum atomic E-state index is 11.7. The molecule has 0 spiro atoms. The fraction of sp³-hybridized carbons (Fsp3) is 0.500. The van der Waals surface area contributed by atoms with Crippen molar-refractivity contribution in [1.82, 2.24) is 4.98 Å². The molecule has 1 fully saturated rings. The molecule has 1 unspecified atom stereocenters. The number of nitrogens with two attached hydrogens (primary N) is 1. The molecule has 1 aliphatic heterocycles. The van der Waals surface area contributed by atoms with E-state index in [4.69, 9.17) is 5.73 Å². The molecule has 0 aromatic carbocycles. The van der Waals surface area contributed by atoms with E-state index >= 15 is 0 Å². The molecule has 1 aromatic rings. The molecule has 1 saturated heterocycles. The Bertz CT molecular complexity index is 446. The second-order valence-electron chi connectivity index (χ2n) is 3.81. The van der Waals surface area contributed by atoms with Gasteiger partial charge in [-0.05, 0) is 12.5 Å². The standard InChI is InChI=1S/C10H13N3O3S/c1-16-9(15)7-4-12-10(17-7)13-5-6(3-11)2-8(13)14/h4,6H,2-3,5,11H2,1H3. The van der Waals surface area contributed by atoms with E-state index in [2.05, 4.69) is 9.72 Å². The van der Waals surface area contributed by atoms with Crippen LogP contribution in [0.1, 0.15) is 16.1 Å². The lowest BCUT2D eigenvalue weighted by Gasteiger charge is -2.11. The molecule has 1 aliphatic rings. The van der Waals surface area contributed by atoms with Crippen LogP contribution in [0.4, 0.5) is 5.13 Å². The predicted octanol–water partition coefficient (Wildman–Crippen LogP) is 0.241. The second-order valence-corrected chi connectivity index (χ2v) is 4.82. The summed E-state index contributed by atoms with van der Waals surface area (Å²) in [5, 5.41) is 0.534. The van der Waals surface area contributed by atoms with Crippen molar-refractivity contribution in [1.29, 1.82) is 0 Å². The molecule has 92 valence electrons. The maximum Gasteiger partial charge on any atom is 0.349 e. The first-order chi connectivity index (χ1) is 8.15. The van der Waals surface area contributed by atoms with Gasteiger partial charge in [0.15, 0.2) is 5.13 Å². The van der Waals surface area contributed by atoms with Crippen LogP contribution in [0.3, 0.4) is 0 Å². The number of carbonyl (C=O) groups is 2. The second kappa shape index (κ2) is 4.80. The summed E-state index contributed by atoms with van der Waals surface area (Å²) in [6.07, 6.45) is 1.87. The van der Waals surface area contributed by atoms with E-state index in [1.807, 2.05) is 0 Å². The van der Waals surface area contributed by atoms with Crippen molar-refractivity contribution < 1.29 is 14.3 Å². The third kappa shape index (κ3) is 2.29. The quantitative estimate of drug-likeness (QED) is 0.782. The number of aromatic nitrogens is 1. The average molecular weight is 255 g/mol. The van der Waals surface area contributed by atoms with Gasteiger partial charge in [-0.15, -0.1) is 0 Å². The van der Waals surface area contributed by atoms with Crippen LogP contribution in [0, 0.1) is 5.92 Å². The molecular formula is C10H13N3O3S. The van der Waals surface area contributed by atoms with E-state index in [0.717, 1.165) is 11.3 Å². The zero-order valence-electron chi connectivity index (χ0n) is 9.38. The first-order valence-electron chi connectivity index (χ1n) is 5.20. The number of rotatable bonds is 3. The first kappa shape index (κ1) is 12.0. The van der Waals surface area contributed by atoms with Gasteiger partial charge < -0.3 is 10.5 Å². The molecule has 0 radical (unpaired) electrons. The van der Waals surface area contributed by atoms with Crippen molar-refractivity contribution in [3.8, 4) is 0 Å². The van der Waals surface area contributed by atoms with E-state index in [1.54, 1.807) is 4.90 Å². The molecule has 2 rings (SSSR count). The Balaban J connectivity index is 2.15. The highest BCUT2D eigenvalue weighted by atomic mass is 32.1. The molecule has 17 heavy (non-hydrogen) atoms. The molecule has 6 nitrogen and oxygen atoms in total. The van der Waals surface area contributed by atoms with Gasteiger partial charge in [0.1, 0.15) is 4.88 Å². The zero-order valence-corrected chi connectivity index (χ0v) is 10.2. The van der Waals surface area contributed by atoms with Crippen LogP contribution in [0.25, 0.3) is 0 Å². The molecule has 2 heterocycles. The fourth-order valence-corrected chi connectivity index (χ4v) is 2.57. The number of nitrogens with zero attached hydrogens (tertiary/aromatic N) is 2. The highest BCUT2D eigenvalue weighted by Crippen LogP contribution is 2.28. The van der Waals surface area contributed by atoms with Gasteiger partial charge >= 0.3 is 5.97 Å². The van der Waals surface area contributed by atoms with Crippen LogP contribution < -0.4 is 10.6 Å². The lowest BCUT2D eigenvalue weighted by molar-refractivity contribution is -0.117. The number of hydrogen-bond acceptors (Lipinski definition) is 6. The number of amides is 1.